The largest absolute Gasteiger partial charge is 0.480 e. The van der Waals surface area contributed by atoms with Crippen LogP contribution in [-0.2, 0) is 10.0 Å². The van der Waals surface area contributed by atoms with Gasteiger partial charge < -0.3 is 9.72 Å². The molecular weight excluding hydrogens is 399 g/mol. The average Bonchev–Trinajstić information content (AvgIpc) is 2.94. The fourth-order valence-electron chi connectivity index (χ4n) is 2.16. The quantitative estimate of drug-likeness (QED) is 0.685. The number of anilines is 1. The van der Waals surface area contributed by atoms with Crippen molar-refractivity contribution in [3.8, 4) is 5.88 Å². The zero-order chi connectivity index (χ0) is 18.4. The molecule has 2 heterocycles. The molecule has 3 rings (SSSR count). The molecule has 2 N–H and O–H groups in total. The van der Waals surface area contributed by atoms with Crippen LogP contribution in [0.1, 0.15) is 0 Å². The molecule has 25 heavy (non-hydrogen) atoms. The predicted molar refractivity (Wildman–Crippen MR) is 89.8 cm³/mol. The van der Waals surface area contributed by atoms with Crippen LogP contribution in [0.4, 0.5) is 14.6 Å². The van der Waals surface area contributed by atoms with Gasteiger partial charge in [0.15, 0.2) is 11.6 Å². The molecule has 0 saturated carbocycles. The third kappa shape index (κ3) is 3.22. The van der Waals surface area contributed by atoms with Crippen molar-refractivity contribution in [1.29, 1.82) is 0 Å². The normalized spacial score (nSPS) is 11.7. The molecule has 3 aromatic rings. The minimum Gasteiger partial charge on any atom is -0.480 e. The maximum atomic E-state index is 14.0. The van der Waals surface area contributed by atoms with Gasteiger partial charge in [-0.2, -0.15) is 4.98 Å². The van der Waals surface area contributed by atoms with E-state index in [4.69, 9.17) is 27.9 Å². The number of methoxy groups -OCH3 is 1. The second kappa shape index (κ2) is 6.32. The maximum absolute atomic E-state index is 14.0. The third-order valence-electron chi connectivity index (χ3n) is 3.30. The monoisotopic (exact) mass is 407 g/mol. The van der Waals surface area contributed by atoms with Gasteiger partial charge in [0.1, 0.15) is 15.7 Å². The summed E-state index contributed by atoms with van der Waals surface area (Å²) in [7, 11) is -3.03. The zero-order valence-electron chi connectivity index (χ0n) is 12.4. The Morgan fingerprint density at radius 2 is 1.88 bits per heavy atom. The SMILES string of the molecule is COc1nc(NS(=O)(=O)c2c[nH]c3cc(Cl)c(F)cc23)c(F)cc1Cl. The fourth-order valence-corrected chi connectivity index (χ4v) is 3.72. The van der Waals surface area contributed by atoms with Crippen molar-refractivity contribution >= 4 is 49.9 Å². The van der Waals surface area contributed by atoms with Crippen molar-refractivity contribution in [2.24, 2.45) is 0 Å². The first-order chi connectivity index (χ1) is 11.7. The van der Waals surface area contributed by atoms with Gasteiger partial charge in [-0.1, -0.05) is 23.2 Å². The summed E-state index contributed by atoms with van der Waals surface area (Å²) < 4.78 is 59.5. The Kier molecular flexibility index (Phi) is 4.48. The van der Waals surface area contributed by atoms with E-state index < -0.39 is 27.5 Å². The van der Waals surface area contributed by atoms with Crippen LogP contribution >= 0.6 is 23.2 Å². The summed E-state index contributed by atoms with van der Waals surface area (Å²) >= 11 is 11.4. The van der Waals surface area contributed by atoms with Gasteiger partial charge in [-0.15, -0.1) is 0 Å². The molecule has 0 atom stereocenters. The number of rotatable bonds is 4. The minimum absolute atomic E-state index is 0.0516. The Morgan fingerprint density at radius 3 is 2.56 bits per heavy atom. The number of aromatic amines is 1. The molecule has 0 unspecified atom stereocenters. The number of ether oxygens (including phenoxy) is 1. The van der Waals surface area contributed by atoms with Crippen LogP contribution in [-0.4, -0.2) is 25.5 Å². The Bertz CT molecular complexity index is 1090. The molecular formula is C14H9Cl2F2N3O3S. The van der Waals surface area contributed by atoms with Crippen molar-refractivity contribution in [2.45, 2.75) is 4.90 Å². The van der Waals surface area contributed by atoms with Gasteiger partial charge in [0.25, 0.3) is 10.0 Å². The van der Waals surface area contributed by atoms with E-state index in [1.165, 1.54) is 13.2 Å². The minimum atomic E-state index is -4.28. The summed E-state index contributed by atoms with van der Waals surface area (Å²) in [4.78, 5) is 6.04. The lowest BCUT2D eigenvalue weighted by molar-refractivity contribution is 0.397. The Hall–Kier alpha value is -2.10. The summed E-state index contributed by atoms with van der Waals surface area (Å²) in [6.07, 6.45) is 1.13. The summed E-state index contributed by atoms with van der Waals surface area (Å²) in [6.45, 7) is 0. The van der Waals surface area contributed by atoms with E-state index in [0.29, 0.717) is 5.52 Å². The molecule has 2 aromatic heterocycles. The van der Waals surface area contributed by atoms with Crippen molar-refractivity contribution in [1.82, 2.24) is 9.97 Å². The van der Waals surface area contributed by atoms with Gasteiger partial charge in [-0.3, -0.25) is 4.72 Å². The van der Waals surface area contributed by atoms with Crippen LogP contribution in [0.5, 0.6) is 5.88 Å². The lowest BCUT2D eigenvalue weighted by Crippen LogP contribution is -2.15. The first-order valence-corrected chi connectivity index (χ1v) is 8.86. The van der Waals surface area contributed by atoms with Gasteiger partial charge in [-0.25, -0.2) is 17.2 Å². The van der Waals surface area contributed by atoms with Crippen LogP contribution in [0, 0.1) is 11.6 Å². The van der Waals surface area contributed by atoms with E-state index in [2.05, 4.69) is 9.97 Å². The molecule has 0 radical (unpaired) electrons. The highest BCUT2D eigenvalue weighted by Gasteiger charge is 2.23. The van der Waals surface area contributed by atoms with E-state index in [1.54, 1.807) is 0 Å². The van der Waals surface area contributed by atoms with Crippen molar-refractivity contribution in [3.05, 3.63) is 46.1 Å². The molecule has 0 saturated heterocycles. The van der Waals surface area contributed by atoms with E-state index >= 15 is 0 Å². The molecule has 132 valence electrons. The van der Waals surface area contributed by atoms with Crippen LogP contribution in [0.15, 0.2) is 29.3 Å². The number of nitrogens with one attached hydrogen (secondary N) is 2. The van der Waals surface area contributed by atoms with Crippen molar-refractivity contribution in [2.75, 3.05) is 11.8 Å². The molecule has 0 aliphatic heterocycles. The van der Waals surface area contributed by atoms with E-state index in [-0.39, 0.29) is 26.2 Å². The highest BCUT2D eigenvalue weighted by atomic mass is 35.5. The molecule has 1 aromatic carbocycles. The predicted octanol–water partition coefficient (Wildman–Crippen LogP) is 3.96. The zero-order valence-corrected chi connectivity index (χ0v) is 14.7. The van der Waals surface area contributed by atoms with Crippen LogP contribution in [0.25, 0.3) is 10.9 Å². The molecule has 0 aliphatic rings. The second-order valence-electron chi connectivity index (χ2n) is 4.88. The Balaban J connectivity index is 2.08. The first-order valence-electron chi connectivity index (χ1n) is 6.62. The lowest BCUT2D eigenvalue weighted by atomic mass is 10.2. The molecule has 6 nitrogen and oxygen atoms in total. The number of halogens is 4. The number of nitrogens with zero attached hydrogens (tertiary/aromatic N) is 1. The molecule has 0 amide bonds. The van der Waals surface area contributed by atoms with Gasteiger partial charge in [0.05, 0.1) is 12.1 Å². The molecule has 0 spiro atoms. The van der Waals surface area contributed by atoms with Crippen LogP contribution in [0.3, 0.4) is 0 Å². The third-order valence-corrected chi connectivity index (χ3v) is 5.24. The highest BCUT2D eigenvalue weighted by Crippen LogP contribution is 2.31. The standard InChI is InChI=1S/C14H9Cl2F2N3O3S/c1-24-14-8(16)3-10(18)13(20-14)21-25(22,23)12-5-19-11-4-7(15)9(17)2-6(11)12/h2-5,19H,1H3,(H,20,21). The number of sulfonamides is 1. The summed E-state index contributed by atoms with van der Waals surface area (Å²) in [5, 5.41) is -0.233. The summed E-state index contributed by atoms with van der Waals surface area (Å²) in [6, 6.07) is 3.07. The van der Waals surface area contributed by atoms with E-state index in [1.807, 2.05) is 4.72 Å². The summed E-state index contributed by atoms with van der Waals surface area (Å²) in [5.74, 6) is -2.55. The second-order valence-corrected chi connectivity index (χ2v) is 7.35. The van der Waals surface area contributed by atoms with Crippen LogP contribution < -0.4 is 9.46 Å². The first kappa shape index (κ1) is 17.7. The number of pyridine rings is 1. The number of hydrogen-bond acceptors (Lipinski definition) is 4. The van der Waals surface area contributed by atoms with Gasteiger partial charge >= 0.3 is 0 Å². The smallest absolute Gasteiger partial charge is 0.265 e. The number of fused-ring (bicyclic) bond motifs is 1. The lowest BCUT2D eigenvalue weighted by Gasteiger charge is -2.10. The van der Waals surface area contributed by atoms with Gasteiger partial charge in [0, 0.05) is 23.2 Å². The molecule has 11 heteroatoms. The van der Waals surface area contributed by atoms with Gasteiger partial charge in [0.2, 0.25) is 5.88 Å². The Morgan fingerprint density at radius 1 is 1.16 bits per heavy atom. The highest BCUT2D eigenvalue weighted by molar-refractivity contribution is 7.93. The Labute approximate surface area is 150 Å². The van der Waals surface area contributed by atoms with E-state index in [9.17, 15) is 17.2 Å². The van der Waals surface area contributed by atoms with Gasteiger partial charge in [-0.05, 0) is 12.1 Å². The molecule has 0 bridgehead atoms. The topological polar surface area (TPSA) is 84.1 Å². The number of aromatic nitrogens is 2. The number of benzene rings is 1. The molecule has 0 fully saturated rings. The van der Waals surface area contributed by atoms with Crippen molar-refractivity contribution < 1.29 is 21.9 Å². The average molecular weight is 408 g/mol. The fraction of sp³-hybridized carbons (Fsp3) is 0.0714. The number of hydrogen-bond donors (Lipinski definition) is 2. The van der Waals surface area contributed by atoms with Crippen molar-refractivity contribution in [3.63, 3.8) is 0 Å². The maximum Gasteiger partial charge on any atom is 0.265 e. The van der Waals surface area contributed by atoms with Crippen LogP contribution in [0.2, 0.25) is 10.0 Å². The van der Waals surface area contributed by atoms with E-state index in [0.717, 1.165) is 18.3 Å². The summed E-state index contributed by atoms with van der Waals surface area (Å²) in [5.41, 5.74) is 0.300. The number of H-pyrrole nitrogens is 1. The molecule has 0 aliphatic carbocycles.